The van der Waals surface area contributed by atoms with E-state index in [4.69, 9.17) is 4.74 Å². The molecule has 4 rings (SSSR count). The maximum absolute atomic E-state index is 12.3. The summed E-state index contributed by atoms with van der Waals surface area (Å²) in [6, 6.07) is 15.5. The molecule has 1 amide bonds. The van der Waals surface area contributed by atoms with Gasteiger partial charge in [0.1, 0.15) is 6.61 Å². The Kier molecular flexibility index (Phi) is 6.90. The van der Waals surface area contributed by atoms with Gasteiger partial charge in [0.25, 0.3) is 5.91 Å². The third-order valence-corrected chi connectivity index (χ3v) is 7.27. The number of carbonyl (C=O) groups is 2. The van der Waals surface area contributed by atoms with Gasteiger partial charge in [-0.3, -0.25) is 9.59 Å². The summed E-state index contributed by atoms with van der Waals surface area (Å²) in [6.07, 6.45) is 0.936. The van der Waals surface area contributed by atoms with Crippen LogP contribution < -0.4 is 5.32 Å². The number of nitrogens with one attached hydrogen (secondary N) is 1. The van der Waals surface area contributed by atoms with E-state index in [2.05, 4.69) is 27.4 Å². The molecule has 7 nitrogen and oxygen atoms in total. The summed E-state index contributed by atoms with van der Waals surface area (Å²) in [7, 11) is 0. The molecule has 0 aliphatic heterocycles. The van der Waals surface area contributed by atoms with Crippen molar-refractivity contribution in [1.29, 1.82) is 0 Å². The number of benzene rings is 2. The van der Waals surface area contributed by atoms with Crippen LogP contribution in [0, 0.1) is 0 Å². The molecule has 0 fully saturated rings. The van der Waals surface area contributed by atoms with Crippen molar-refractivity contribution < 1.29 is 14.3 Å². The van der Waals surface area contributed by atoms with Crippen molar-refractivity contribution >= 4 is 62.2 Å². The SMILES string of the molecule is CCc1ccc(NC(=O)c2nnc(COC(=O)CSc3nc4ccccc4s3)s2)cc1. The highest BCUT2D eigenvalue weighted by Gasteiger charge is 2.15. The van der Waals surface area contributed by atoms with Gasteiger partial charge in [-0.25, -0.2) is 4.98 Å². The summed E-state index contributed by atoms with van der Waals surface area (Å²) in [5.74, 6) is -0.563. The van der Waals surface area contributed by atoms with E-state index in [1.165, 1.54) is 17.3 Å². The van der Waals surface area contributed by atoms with Crippen LogP contribution in [0.25, 0.3) is 10.2 Å². The summed E-state index contributed by atoms with van der Waals surface area (Å²) in [4.78, 5) is 28.9. The van der Waals surface area contributed by atoms with Crippen molar-refractivity contribution in [1.82, 2.24) is 15.2 Å². The van der Waals surface area contributed by atoms with Crippen molar-refractivity contribution in [3.8, 4) is 0 Å². The number of fused-ring (bicyclic) bond motifs is 1. The Labute approximate surface area is 190 Å². The van der Waals surface area contributed by atoms with Gasteiger partial charge in [-0.05, 0) is 36.2 Å². The first kappa shape index (κ1) is 21.4. The van der Waals surface area contributed by atoms with Crippen molar-refractivity contribution in [3.63, 3.8) is 0 Å². The van der Waals surface area contributed by atoms with Gasteiger partial charge in [0.05, 0.1) is 16.0 Å². The van der Waals surface area contributed by atoms with Crippen LogP contribution in [-0.4, -0.2) is 32.8 Å². The minimum atomic E-state index is -0.374. The van der Waals surface area contributed by atoms with Crippen molar-refractivity contribution in [2.24, 2.45) is 0 Å². The Morgan fingerprint density at radius 2 is 1.87 bits per heavy atom. The van der Waals surface area contributed by atoms with E-state index in [1.54, 1.807) is 11.3 Å². The topological polar surface area (TPSA) is 94.1 Å². The maximum atomic E-state index is 12.3. The second kappa shape index (κ2) is 9.99. The first-order valence-electron chi connectivity index (χ1n) is 9.47. The third kappa shape index (κ3) is 5.66. The summed E-state index contributed by atoms with van der Waals surface area (Å²) in [5, 5.41) is 11.3. The molecule has 0 radical (unpaired) electrons. The second-order valence-corrected chi connectivity index (χ2v) is 9.72. The molecule has 31 heavy (non-hydrogen) atoms. The fourth-order valence-corrected chi connectivity index (χ4v) is 5.14. The number of nitrogens with zero attached hydrogens (tertiary/aromatic N) is 3. The van der Waals surface area contributed by atoms with E-state index in [0.29, 0.717) is 10.7 Å². The fraction of sp³-hybridized carbons (Fsp3) is 0.190. The number of anilines is 1. The van der Waals surface area contributed by atoms with Gasteiger partial charge < -0.3 is 10.1 Å². The molecule has 0 spiro atoms. The molecule has 2 heterocycles. The van der Waals surface area contributed by atoms with Gasteiger partial charge in [-0.2, -0.15) is 0 Å². The predicted molar refractivity (Wildman–Crippen MR) is 124 cm³/mol. The lowest BCUT2D eigenvalue weighted by molar-refractivity contribution is -0.141. The predicted octanol–water partition coefficient (Wildman–Crippen LogP) is 4.80. The van der Waals surface area contributed by atoms with Gasteiger partial charge in [-0.1, -0.05) is 54.3 Å². The standard InChI is InChI=1S/C21H18N4O3S3/c1-2-13-7-9-14(10-8-13)22-19(27)20-25-24-17(31-20)11-28-18(26)12-29-21-23-15-5-3-4-6-16(15)30-21/h3-10H,2,11-12H2,1H3,(H,22,27). The Morgan fingerprint density at radius 1 is 1.06 bits per heavy atom. The Hall–Kier alpha value is -2.82. The fourth-order valence-electron chi connectivity index (χ4n) is 2.63. The number of thioether (sulfide) groups is 1. The van der Waals surface area contributed by atoms with Crippen LogP contribution >= 0.6 is 34.4 Å². The van der Waals surface area contributed by atoms with E-state index in [1.807, 2.05) is 48.5 Å². The average molecular weight is 471 g/mol. The second-order valence-electron chi connectivity index (χ2n) is 6.40. The largest absolute Gasteiger partial charge is 0.458 e. The molecule has 0 unspecified atom stereocenters. The Morgan fingerprint density at radius 3 is 2.65 bits per heavy atom. The number of amides is 1. The lowest BCUT2D eigenvalue weighted by atomic mass is 10.1. The van der Waals surface area contributed by atoms with Crippen LogP contribution in [0.3, 0.4) is 0 Å². The van der Waals surface area contributed by atoms with Crippen LogP contribution in [0.15, 0.2) is 52.9 Å². The smallest absolute Gasteiger partial charge is 0.316 e. The molecule has 10 heteroatoms. The average Bonchev–Trinajstić information content (AvgIpc) is 3.43. The van der Waals surface area contributed by atoms with E-state index < -0.39 is 0 Å². The van der Waals surface area contributed by atoms with E-state index in [0.717, 1.165) is 32.3 Å². The van der Waals surface area contributed by atoms with Crippen LogP contribution in [0.1, 0.15) is 27.3 Å². The molecule has 0 atom stereocenters. The number of ether oxygens (including phenoxy) is 1. The monoisotopic (exact) mass is 470 g/mol. The zero-order valence-corrected chi connectivity index (χ0v) is 19.0. The zero-order valence-electron chi connectivity index (χ0n) is 16.5. The molecule has 2 aromatic carbocycles. The highest BCUT2D eigenvalue weighted by atomic mass is 32.2. The van der Waals surface area contributed by atoms with E-state index >= 15 is 0 Å². The summed E-state index contributed by atoms with van der Waals surface area (Å²) >= 11 is 3.98. The first-order chi connectivity index (χ1) is 15.1. The van der Waals surface area contributed by atoms with Crippen LogP contribution in [0.5, 0.6) is 0 Å². The van der Waals surface area contributed by atoms with E-state index in [9.17, 15) is 9.59 Å². The number of aryl methyl sites for hydroxylation is 1. The Bertz CT molecular complexity index is 1170. The van der Waals surface area contributed by atoms with Gasteiger partial charge in [0.15, 0.2) is 9.35 Å². The van der Waals surface area contributed by atoms with E-state index in [-0.39, 0.29) is 29.2 Å². The molecular weight excluding hydrogens is 452 g/mol. The molecule has 2 aromatic heterocycles. The Balaban J connectivity index is 1.25. The molecule has 158 valence electrons. The van der Waals surface area contributed by atoms with Crippen molar-refractivity contribution in [3.05, 3.63) is 64.1 Å². The number of hydrogen-bond acceptors (Lipinski definition) is 9. The number of thiazole rings is 1. The molecule has 0 aliphatic carbocycles. The molecular formula is C21H18N4O3S3. The molecule has 0 saturated carbocycles. The molecule has 0 aliphatic rings. The number of aromatic nitrogens is 3. The summed E-state index contributed by atoms with van der Waals surface area (Å²) < 4.78 is 7.16. The number of esters is 1. The minimum Gasteiger partial charge on any atom is -0.458 e. The lowest BCUT2D eigenvalue weighted by Gasteiger charge is -2.03. The molecule has 1 N–H and O–H groups in total. The highest BCUT2D eigenvalue weighted by molar-refractivity contribution is 8.01. The minimum absolute atomic E-state index is 0.0185. The van der Waals surface area contributed by atoms with Gasteiger partial charge in [0, 0.05) is 5.69 Å². The number of rotatable bonds is 8. The highest BCUT2D eigenvalue weighted by Crippen LogP contribution is 2.29. The zero-order chi connectivity index (χ0) is 21.6. The van der Waals surface area contributed by atoms with Crippen LogP contribution in [0.4, 0.5) is 5.69 Å². The van der Waals surface area contributed by atoms with Crippen LogP contribution in [-0.2, 0) is 22.6 Å². The summed E-state index contributed by atoms with van der Waals surface area (Å²) in [6.45, 7) is 2.05. The first-order valence-corrected chi connectivity index (χ1v) is 12.1. The number of carbonyl (C=O) groups excluding carboxylic acids is 2. The molecule has 4 aromatic rings. The number of para-hydroxylation sites is 1. The van der Waals surface area contributed by atoms with Crippen LogP contribution in [0.2, 0.25) is 0 Å². The van der Waals surface area contributed by atoms with Crippen molar-refractivity contribution in [2.45, 2.75) is 24.3 Å². The molecule has 0 saturated heterocycles. The van der Waals surface area contributed by atoms with Gasteiger partial charge >= 0.3 is 5.97 Å². The quantitative estimate of drug-likeness (QED) is 0.292. The van der Waals surface area contributed by atoms with Crippen molar-refractivity contribution in [2.75, 3.05) is 11.1 Å². The summed E-state index contributed by atoms with van der Waals surface area (Å²) in [5.41, 5.74) is 2.81. The lowest BCUT2D eigenvalue weighted by Crippen LogP contribution is -2.11. The third-order valence-electron chi connectivity index (χ3n) is 4.23. The number of hydrogen-bond donors (Lipinski definition) is 1. The van der Waals surface area contributed by atoms with Gasteiger partial charge in [-0.15, -0.1) is 21.5 Å². The maximum Gasteiger partial charge on any atom is 0.316 e. The van der Waals surface area contributed by atoms with Gasteiger partial charge in [0.2, 0.25) is 5.01 Å². The normalized spacial score (nSPS) is 10.9. The molecule has 0 bridgehead atoms.